The summed E-state index contributed by atoms with van der Waals surface area (Å²) in [7, 11) is 0. The Hall–Kier alpha value is -3.16. The van der Waals surface area contributed by atoms with E-state index >= 15 is 0 Å². The molecule has 31 heavy (non-hydrogen) atoms. The molecular formula is C20H23F3N6O2. The van der Waals surface area contributed by atoms with Gasteiger partial charge in [0.25, 0.3) is 0 Å². The Kier molecular flexibility index (Phi) is 5.56. The lowest BCUT2D eigenvalue weighted by Gasteiger charge is -2.35. The molecule has 0 radical (unpaired) electrons. The van der Waals surface area contributed by atoms with Crippen molar-refractivity contribution in [1.29, 1.82) is 5.26 Å². The van der Waals surface area contributed by atoms with Crippen molar-refractivity contribution in [2.45, 2.75) is 45.1 Å². The van der Waals surface area contributed by atoms with Gasteiger partial charge in [-0.1, -0.05) is 12.1 Å². The number of ether oxygens (including phenoxy) is 2. The van der Waals surface area contributed by atoms with Crippen LogP contribution in [-0.2, 0) is 0 Å². The molecule has 1 N–H and O–H groups in total. The minimum atomic E-state index is -4.84. The molecule has 0 spiro atoms. The Morgan fingerprint density at radius 1 is 1.16 bits per heavy atom. The zero-order valence-corrected chi connectivity index (χ0v) is 17.1. The molecule has 3 atom stereocenters. The molecule has 2 heterocycles. The maximum Gasteiger partial charge on any atom is 0.573 e. The van der Waals surface area contributed by atoms with E-state index in [2.05, 4.69) is 26.3 Å². The molecule has 1 aromatic heterocycles. The number of nitrogens with one attached hydrogen (secondary N) is 1. The zero-order chi connectivity index (χ0) is 22.2. The first-order chi connectivity index (χ1) is 14.7. The Labute approximate surface area is 177 Å². The summed E-state index contributed by atoms with van der Waals surface area (Å²) in [6, 6.07) is 5.61. The van der Waals surface area contributed by atoms with E-state index in [4.69, 9.17) is 4.74 Å². The third-order valence-electron chi connectivity index (χ3n) is 5.64. The lowest BCUT2D eigenvalue weighted by atomic mass is 9.92. The number of fused-ring (bicyclic) bond motifs is 2. The Balaban J connectivity index is 1.55. The van der Waals surface area contributed by atoms with Gasteiger partial charge in [0.2, 0.25) is 5.95 Å². The number of nitriles is 1. The van der Waals surface area contributed by atoms with Crippen LogP contribution < -0.4 is 14.8 Å². The lowest BCUT2D eigenvalue weighted by molar-refractivity contribution is -0.275. The molecule has 1 saturated carbocycles. The van der Waals surface area contributed by atoms with Gasteiger partial charge in [-0.05, 0) is 50.7 Å². The van der Waals surface area contributed by atoms with Crippen LogP contribution in [0, 0.1) is 23.3 Å². The Bertz CT molecular complexity index is 957. The van der Waals surface area contributed by atoms with Crippen molar-refractivity contribution < 1.29 is 22.6 Å². The van der Waals surface area contributed by atoms with Crippen LogP contribution in [-0.4, -0.2) is 45.2 Å². The average Bonchev–Trinajstić information content (AvgIpc) is 3.19. The van der Waals surface area contributed by atoms with Gasteiger partial charge in [0.05, 0.1) is 6.04 Å². The molecule has 1 aromatic carbocycles. The van der Waals surface area contributed by atoms with Crippen LogP contribution in [0.1, 0.15) is 32.7 Å². The zero-order valence-electron chi connectivity index (χ0n) is 17.1. The Morgan fingerprint density at radius 3 is 2.39 bits per heavy atom. The third-order valence-corrected chi connectivity index (χ3v) is 5.64. The summed E-state index contributed by atoms with van der Waals surface area (Å²) in [5.74, 6) is 0.419. The van der Waals surface area contributed by atoms with Gasteiger partial charge in [-0.25, -0.2) is 4.68 Å². The highest BCUT2D eigenvalue weighted by molar-refractivity contribution is 5.42. The number of anilines is 1. The van der Waals surface area contributed by atoms with Crippen LogP contribution in [0.3, 0.4) is 0 Å². The quantitative estimate of drug-likeness (QED) is 0.681. The molecule has 4 rings (SSSR count). The number of hydrogen-bond acceptors (Lipinski definition) is 7. The highest BCUT2D eigenvalue weighted by Gasteiger charge is 2.42. The van der Waals surface area contributed by atoms with E-state index in [-0.39, 0.29) is 23.8 Å². The molecule has 2 aromatic rings. The number of benzene rings is 1. The first-order valence-corrected chi connectivity index (χ1v) is 10.1. The van der Waals surface area contributed by atoms with Crippen molar-refractivity contribution in [2.75, 3.05) is 18.4 Å². The van der Waals surface area contributed by atoms with Crippen LogP contribution in [0.25, 0.3) is 0 Å². The molecule has 1 aliphatic heterocycles. The SMILES string of the molecule is CC(C)n1nc(N[C@H]2[C@@H]3CC[C@H]2CN(C#N)C3)nc1Oc1ccccc1OC(F)(F)F. The standard InChI is InChI=1S/C20H23F3N6O2/c1-12(2)29-19(30-15-5-3-4-6-16(15)31-20(21,22)23)26-18(27-29)25-17-13-7-8-14(17)10-28(9-13)11-24/h3-6,12-14,17H,7-10H2,1-2H3,(H,25,27)/t13-,14+,17+. The Morgan fingerprint density at radius 2 is 1.81 bits per heavy atom. The fourth-order valence-electron chi connectivity index (χ4n) is 4.31. The van der Waals surface area contributed by atoms with E-state index in [0.717, 1.165) is 12.8 Å². The predicted molar refractivity (Wildman–Crippen MR) is 104 cm³/mol. The van der Waals surface area contributed by atoms with Crippen LogP contribution in [0.2, 0.25) is 0 Å². The van der Waals surface area contributed by atoms with E-state index in [0.29, 0.717) is 30.9 Å². The molecule has 166 valence electrons. The first-order valence-electron chi connectivity index (χ1n) is 10.1. The third kappa shape index (κ3) is 4.62. The molecule has 0 amide bonds. The average molecular weight is 436 g/mol. The van der Waals surface area contributed by atoms with E-state index < -0.39 is 12.1 Å². The van der Waals surface area contributed by atoms with Crippen molar-refractivity contribution >= 4 is 5.95 Å². The largest absolute Gasteiger partial charge is 0.573 e. The van der Waals surface area contributed by atoms with Gasteiger partial charge in [-0.15, -0.1) is 18.3 Å². The number of aromatic nitrogens is 3. The number of alkyl halides is 3. The summed E-state index contributed by atoms with van der Waals surface area (Å²) < 4.78 is 49.4. The topological polar surface area (TPSA) is 88.2 Å². The predicted octanol–water partition coefficient (Wildman–Crippen LogP) is 4.15. The minimum Gasteiger partial charge on any atom is -0.420 e. The van der Waals surface area contributed by atoms with Gasteiger partial charge >= 0.3 is 12.4 Å². The van der Waals surface area contributed by atoms with Crippen molar-refractivity contribution in [3.63, 3.8) is 0 Å². The van der Waals surface area contributed by atoms with E-state index in [1.54, 1.807) is 11.0 Å². The highest BCUT2D eigenvalue weighted by Crippen LogP contribution is 2.39. The molecule has 0 unspecified atom stereocenters. The fourth-order valence-corrected chi connectivity index (χ4v) is 4.31. The van der Waals surface area contributed by atoms with Crippen molar-refractivity contribution in [3.05, 3.63) is 24.3 Å². The van der Waals surface area contributed by atoms with Gasteiger partial charge < -0.3 is 19.7 Å². The number of hydrogen-bond donors (Lipinski definition) is 1. The number of likely N-dealkylation sites (tertiary alicyclic amines) is 1. The molecule has 8 nitrogen and oxygen atoms in total. The van der Waals surface area contributed by atoms with Crippen LogP contribution in [0.5, 0.6) is 17.5 Å². The molecule has 1 aliphatic carbocycles. The van der Waals surface area contributed by atoms with Crippen molar-refractivity contribution in [1.82, 2.24) is 19.7 Å². The summed E-state index contributed by atoms with van der Waals surface area (Å²) in [5.41, 5.74) is 0. The van der Waals surface area contributed by atoms with Gasteiger partial charge in [0.15, 0.2) is 17.7 Å². The van der Waals surface area contributed by atoms with Crippen LogP contribution in [0.15, 0.2) is 24.3 Å². The van der Waals surface area contributed by atoms with E-state index in [9.17, 15) is 18.4 Å². The lowest BCUT2D eigenvalue weighted by Crippen LogP contribution is -2.46. The van der Waals surface area contributed by atoms with Gasteiger partial charge in [0.1, 0.15) is 0 Å². The smallest absolute Gasteiger partial charge is 0.420 e. The molecule has 2 aliphatic rings. The van der Waals surface area contributed by atoms with Crippen molar-refractivity contribution in [3.8, 4) is 23.7 Å². The minimum absolute atomic E-state index is 0.0672. The second-order valence-electron chi connectivity index (χ2n) is 8.13. The van der Waals surface area contributed by atoms with Gasteiger partial charge in [-0.3, -0.25) is 0 Å². The summed E-state index contributed by atoms with van der Waals surface area (Å²) in [4.78, 5) is 6.18. The summed E-state index contributed by atoms with van der Waals surface area (Å²) in [6.07, 6.45) is -0.564. The molecular weight excluding hydrogens is 413 g/mol. The fraction of sp³-hybridized carbons (Fsp3) is 0.550. The monoisotopic (exact) mass is 436 g/mol. The number of para-hydroxylation sites is 2. The molecule has 2 fully saturated rings. The van der Waals surface area contributed by atoms with Crippen LogP contribution >= 0.6 is 0 Å². The van der Waals surface area contributed by atoms with E-state index in [1.165, 1.54) is 22.9 Å². The van der Waals surface area contributed by atoms with Crippen LogP contribution in [0.4, 0.5) is 19.1 Å². The highest BCUT2D eigenvalue weighted by atomic mass is 19.4. The van der Waals surface area contributed by atoms with Gasteiger partial charge in [-0.2, -0.15) is 10.2 Å². The number of nitrogens with zero attached hydrogens (tertiary/aromatic N) is 5. The first kappa shape index (κ1) is 21.1. The maximum absolute atomic E-state index is 12.7. The number of rotatable bonds is 6. The maximum atomic E-state index is 12.7. The second-order valence-corrected chi connectivity index (χ2v) is 8.13. The molecule has 2 bridgehead atoms. The molecule has 1 saturated heterocycles. The summed E-state index contributed by atoms with van der Waals surface area (Å²) >= 11 is 0. The van der Waals surface area contributed by atoms with E-state index in [1.807, 2.05) is 13.8 Å². The van der Waals surface area contributed by atoms with Crippen molar-refractivity contribution in [2.24, 2.45) is 11.8 Å². The summed E-state index contributed by atoms with van der Waals surface area (Å²) in [6.45, 7) is 5.14. The number of halogens is 3. The second kappa shape index (κ2) is 8.17. The normalized spacial score (nSPS) is 23.0. The summed E-state index contributed by atoms with van der Waals surface area (Å²) in [5, 5.41) is 17.0. The number of piperidine rings is 1. The van der Waals surface area contributed by atoms with Gasteiger partial charge in [0, 0.05) is 19.1 Å². The molecule has 11 heteroatoms.